The van der Waals surface area contributed by atoms with E-state index in [1.165, 1.54) is 44.1 Å². The summed E-state index contributed by atoms with van der Waals surface area (Å²) in [5.74, 6) is 0. The van der Waals surface area contributed by atoms with Gasteiger partial charge in [-0.15, -0.1) is 0 Å². The van der Waals surface area contributed by atoms with E-state index in [2.05, 4.69) is 22.2 Å². The predicted molar refractivity (Wildman–Crippen MR) is 65.1 cm³/mol. The van der Waals surface area contributed by atoms with Crippen LogP contribution in [-0.2, 0) is 5.54 Å². The SMILES string of the molecule is CCCC1(c2cncnc2)CCCCCN1. The normalized spacial score (nSPS) is 26.3. The number of aromatic nitrogens is 2. The molecule has 1 fully saturated rings. The Balaban J connectivity index is 2.26. The summed E-state index contributed by atoms with van der Waals surface area (Å²) in [7, 11) is 0. The van der Waals surface area contributed by atoms with Gasteiger partial charge >= 0.3 is 0 Å². The molecule has 1 aliphatic rings. The zero-order valence-corrected chi connectivity index (χ0v) is 10.1. The highest BCUT2D eigenvalue weighted by Gasteiger charge is 2.31. The van der Waals surface area contributed by atoms with Gasteiger partial charge in [0.2, 0.25) is 0 Å². The maximum atomic E-state index is 4.17. The third kappa shape index (κ3) is 2.40. The standard InChI is InChI=1S/C13H21N3/c1-2-6-13(7-4-3-5-8-16-13)12-9-14-11-15-10-12/h9-11,16H,2-8H2,1H3. The summed E-state index contributed by atoms with van der Waals surface area (Å²) in [5.41, 5.74) is 1.39. The van der Waals surface area contributed by atoms with Crippen LogP contribution < -0.4 is 5.32 Å². The van der Waals surface area contributed by atoms with Crippen LogP contribution in [0.5, 0.6) is 0 Å². The highest BCUT2D eigenvalue weighted by molar-refractivity contribution is 5.18. The quantitative estimate of drug-likeness (QED) is 0.849. The van der Waals surface area contributed by atoms with Gasteiger partial charge in [-0.1, -0.05) is 26.2 Å². The van der Waals surface area contributed by atoms with E-state index in [0.29, 0.717) is 0 Å². The Labute approximate surface area is 97.7 Å². The van der Waals surface area contributed by atoms with Crippen LogP contribution in [-0.4, -0.2) is 16.5 Å². The fraction of sp³-hybridized carbons (Fsp3) is 0.692. The van der Waals surface area contributed by atoms with Crippen LogP contribution in [0.4, 0.5) is 0 Å². The second-order valence-corrected chi connectivity index (χ2v) is 4.70. The molecule has 1 aliphatic heterocycles. The van der Waals surface area contributed by atoms with Crippen LogP contribution in [0.2, 0.25) is 0 Å². The molecule has 16 heavy (non-hydrogen) atoms. The first-order chi connectivity index (χ1) is 7.87. The summed E-state index contributed by atoms with van der Waals surface area (Å²) in [5, 5.41) is 3.73. The molecule has 2 heterocycles. The van der Waals surface area contributed by atoms with Crippen LogP contribution >= 0.6 is 0 Å². The molecule has 0 spiro atoms. The molecular formula is C13H21N3. The van der Waals surface area contributed by atoms with Crippen LogP contribution in [0.25, 0.3) is 0 Å². The molecule has 2 rings (SSSR count). The molecule has 3 heteroatoms. The van der Waals surface area contributed by atoms with Crippen molar-refractivity contribution < 1.29 is 0 Å². The Hall–Kier alpha value is -0.960. The molecule has 1 unspecified atom stereocenters. The number of hydrogen-bond acceptors (Lipinski definition) is 3. The zero-order valence-electron chi connectivity index (χ0n) is 10.1. The number of nitrogens with one attached hydrogen (secondary N) is 1. The number of hydrogen-bond donors (Lipinski definition) is 1. The smallest absolute Gasteiger partial charge is 0.115 e. The van der Waals surface area contributed by atoms with Crippen LogP contribution in [0, 0.1) is 0 Å². The second-order valence-electron chi connectivity index (χ2n) is 4.70. The van der Waals surface area contributed by atoms with E-state index < -0.39 is 0 Å². The lowest BCUT2D eigenvalue weighted by Crippen LogP contribution is -2.41. The van der Waals surface area contributed by atoms with Crippen molar-refractivity contribution in [1.29, 1.82) is 0 Å². The van der Waals surface area contributed by atoms with E-state index in [4.69, 9.17) is 0 Å². The molecule has 0 aliphatic carbocycles. The molecule has 1 N–H and O–H groups in total. The molecule has 0 amide bonds. The van der Waals surface area contributed by atoms with Gasteiger partial charge in [0.15, 0.2) is 0 Å². The van der Waals surface area contributed by atoms with Gasteiger partial charge in [0.1, 0.15) is 6.33 Å². The second kappa shape index (κ2) is 5.39. The summed E-state index contributed by atoms with van der Waals surface area (Å²) in [6.45, 7) is 3.37. The Morgan fingerprint density at radius 3 is 2.81 bits per heavy atom. The molecule has 0 bridgehead atoms. The topological polar surface area (TPSA) is 37.8 Å². The third-order valence-corrected chi connectivity index (χ3v) is 3.53. The van der Waals surface area contributed by atoms with Crippen molar-refractivity contribution in [2.24, 2.45) is 0 Å². The monoisotopic (exact) mass is 219 g/mol. The van der Waals surface area contributed by atoms with E-state index in [9.17, 15) is 0 Å². The molecule has 3 nitrogen and oxygen atoms in total. The molecule has 1 atom stereocenters. The summed E-state index contributed by atoms with van der Waals surface area (Å²) >= 11 is 0. The Morgan fingerprint density at radius 1 is 1.25 bits per heavy atom. The van der Waals surface area contributed by atoms with Crippen LogP contribution in [0.15, 0.2) is 18.7 Å². The third-order valence-electron chi connectivity index (χ3n) is 3.53. The highest BCUT2D eigenvalue weighted by Crippen LogP contribution is 2.33. The average molecular weight is 219 g/mol. The van der Waals surface area contributed by atoms with Gasteiger partial charge in [0.25, 0.3) is 0 Å². The summed E-state index contributed by atoms with van der Waals surface area (Å²) in [6.07, 6.45) is 13.1. The highest BCUT2D eigenvalue weighted by atomic mass is 15.0. The Bertz CT molecular complexity index is 302. The van der Waals surface area contributed by atoms with Crippen LogP contribution in [0.3, 0.4) is 0 Å². The van der Waals surface area contributed by atoms with Crippen molar-refractivity contribution in [3.05, 3.63) is 24.3 Å². The molecule has 88 valence electrons. The van der Waals surface area contributed by atoms with Gasteiger partial charge in [-0.2, -0.15) is 0 Å². The minimum absolute atomic E-state index is 0.131. The number of nitrogens with zero attached hydrogens (tertiary/aromatic N) is 2. The van der Waals surface area contributed by atoms with Gasteiger partial charge in [0.05, 0.1) is 0 Å². The van der Waals surface area contributed by atoms with E-state index in [1.807, 2.05) is 12.4 Å². The number of rotatable bonds is 3. The summed E-state index contributed by atoms with van der Waals surface area (Å²) in [4.78, 5) is 8.33. The van der Waals surface area contributed by atoms with Crippen molar-refractivity contribution in [2.45, 2.75) is 51.0 Å². The molecule has 0 aromatic carbocycles. The van der Waals surface area contributed by atoms with Crippen molar-refractivity contribution in [2.75, 3.05) is 6.54 Å². The minimum Gasteiger partial charge on any atom is -0.307 e. The average Bonchev–Trinajstić information content (AvgIpc) is 2.57. The fourth-order valence-corrected chi connectivity index (χ4v) is 2.72. The van der Waals surface area contributed by atoms with Gasteiger partial charge in [0, 0.05) is 23.5 Å². The molecule has 1 aromatic heterocycles. The summed E-state index contributed by atoms with van der Waals surface area (Å²) < 4.78 is 0. The molecular weight excluding hydrogens is 198 g/mol. The van der Waals surface area contributed by atoms with Gasteiger partial charge in [-0.3, -0.25) is 0 Å². The van der Waals surface area contributed by atoms with Crippen molar-refractivity contribution in [3.63, 3.8) is 0 Å². The maximum Gasteiger partial charge on any atom is 0.115 e. The Morgan fingerprint density at radius 2 is 2.06 bits per heavy atom. The zero-order chi connectivity index (χ0) is 11.3. The minimum atomic E-state index is 0.131. The summed E-state index contributed by atoms with van der Waals surface area (Å²) in [6, 6.07) is 0. The van der Waals surface area contributed by atoms with Crippen molar-refractivity contribution in [3.8, 4) is 0 Å². The van der Waals surface area contributed by atoms with Crippen LogP contribution in [0.1, 0.15) is 51.0 Å². The lowest BCUT2D eigenvalue weighted by molar-refractivity contribution is 0.295. The lowest BCUT2D eigenvalue weighted by Gasteiger charge is -2.33. The molecule has 0 radical (unpaired) electrons. The molecule has 0 saturated carbocycles. The van der Waals surface area contributed by atoms with Gasteiger partial charge in [-0.05, 0) is 25.8 Å². The first kappa shape index (κ1) is 11.5. The predicted octanol–water partition coefficient (Wildman–Crippen LogP) is 2.64. The molecule has 1 aromatic rings. The van der Waals surface area contributed by atoms with E-state index in [1.54, 1.807) is 6.33 Å². The van der Waals surface area contributed by atoms with Gasteiger partial charge in [-0.25, -0.2) is 9.97 Å². The fourth-order valence-electron chi connectivity index (χ4n) is 2.72. The largest absolute Gasteiger partial charge is 0.307 e. The first-order valence-corrected chi connectivity index (χ1v) is 6.38. The molecule has 1 saturated heterocycles. The van der Waals surface area contributed by atoms with Gasteiger partial charge < -0.3 is 5.32 Å². The lowest BCUT2D eigenvalue weighted by atomic mass is 9.83. The van der Waals surface area contributed by atoms with E-state index >= 15 is 0 Å². The van der Waals surface area contributed by atoms with Crippen molar-refractivity contribution >= 4 is 0 Å². The Kier molecular flexibility index (Phi) is 3.88. The van der Waals surface area contributed by atoms with Crippen molar-refractivity contribution in [1.82, 2.24) is 15.3 Å². The van der Waals surface area contributed by atoms with E-state index in [-0.39, 0.29) is 5.54 Å². The van der Waals surface area contributed by atoms with E-state index in [0.717, 1.165) is 6.54 Å². The maximum absolute atomic E-state index is 4.17. The first-order valence-electron chi connectivity index (χ1n) is 6.38.